The Kier molecular flexibility index (Phi) is 8.14. The normalized spacial score (nSPS) is 13.8. The second-order valence-corrected chi connectivity index (χ2v) is 10.1. The van der Waals surface area contributed by atoms with Crippen molar-refractivity contribution in [1.82, 2.24) is 0 Å². The minimum atomic E-state index is -2.97. The van der Waals surface area contributed by atoms with E-state index in [-0.39, 0.29) is 5.16 Å². The zero-order chi connectivity index (χ0) is 14.2. The van der Waals surface area contributed by atoms with Crippen LogP contribution in [0.3, 0.4) is 0 Å². The van der Waals surface area contributed by atoms with Gasteiger partial charge in [0.25, 0.3) is 0 Å². The van der Waals surface area contributed by atoms with E-state index in [0.717, 1.165) is 0 Å². The molecule has 0 aromatic carbocycles. The Labute approximate surface area is 112 Å². The van der Waals surface area contributed by atoms with E-state index >= 15 is 0 Å². The molecule has 0 fully saturated rings. The lowest BCUT2D eigenvalue weighted by Crippen LogP contribution is -2.61. The fourth-order valence-corrected chi connectivity index (χ4v) is 9.14. The summed E-state index contributed by atoms with van der Waals surface area (Å²) in [6, 6.07) is 0. The van der Waals surface area contributed by atoms with Gasteiger partial charge in [0.05, 0.1) is 0 Å². The summed E-state index contributed by atoms with van der Waals surface area (Å²) in [6.07, 6.45) is 3.77. The highest BCUT2D eigenvalue weighted by Gasteiger charge is 2.62. The maximum atomic E-state index is 5.50. The smallest absolute Gasteiger partial charge is 0.376 e. The van der Waals surface area contributed by atoms with Gasteiger partial charge in [0.2, 0.25) is 0 Å². The third-order valence-corrected chi connectivity index (χ3v) is 10.3. The lowest BCUT2D eigenvalue weighted by atomic mass is 10.6. The van der Waals surface area contributed by atoms with Crippen molar-refractivity contribution in [3.05, 3.63) is 12.2 Å². The van der Waals surface area contributed by atoms with Crippen molar-refractivity contribution in [1.29, 1.82) is 0 Å². The monoisotopic (exact) mass is 296 g/mol. The summed E-state index contributed by atoms with van der Waals surface area (Å²) < 4.78 is 33.0. The molecule has 0 aromatic rings. The van der Waals surface area contributed by atoms with Gasteiger partial charge in [0, 0.05) is 42.7 Å². The first-order chi connectivity index (χ1) is 8.56. The lowest BCUT2D eigenvalue weighted by molar-refractivity contribution is 0.0869. The molecule has 108 valence electrons. The molecule has 0 unspecified atom stereocenters. The van der Waals surface area contributed by atoms with Crippen molar-refractivity contribution in [2.45, 2.75) is 12.1 Å². The van der Waals surface area contributed by atoms with Crippen LogP contribution in [0.2, 0.25) is 5.16 Å². The minimum absolute atomic E-state index is 0.324. The Morgan fingerprint density at radius 2 is 0.944 bits per heavy atom. The predicted molar refractivity (Wildman–Crippen MR) is 72.1 cm³/mol. The maximum Gasteiger partial charge on any atom is 0.511 e. The van der Waals surface area contributed by atoms with E-state index in [1.165, 1.54) is 0 Å². The van der Waals surface area contributed by atoms with Gasteiger partial charge in [0.1, 0.15) is 5.16 Å². The predicted octanol–water partition coefficient (Wildman–Crippen LogP) is 1.23. The van der Waals surface area contributed by atoms with E-state index in [2.05, 4.69) is 0 Å². The highest BCUT2D eigenvalue weighted by atomic mass is 28.5. The molecule has 6 nitrogen and oxygen atoms in total. The largest absolute Gasteiger partial charge is 0.511 e. The average Bonchev–Trinajstić information content (AvgIpc) is 2.44. The molecule has 0 bridgehead atoms. The molecule has 0 saturated heterocycles. The Hall–Kier alpha value is -0.0662. The van der Waals surface area contributed by atoms with E-state index in [1.54, 1.807) is 42.7 Å². The lowest BCUT2D eigenvalue weighted by Gasteiger charge is -2.38. The summed E-state index contributed by atoms with van der Waals surface area (Å²) >= 11 is 0. The van der Waals surface area contributed by atoms with E-state index < -0.39 is 17.6 Å². The number of hydrogen-bond donors (Lipinski definition) is 0. The number of rotatable bonds is 9. The second-order valence-electron chi connectivity index (χ2n) is 3.44. The van der Waals surface area contributed by atoms with Crippen molar-refractivity contribution in [3.8, 4) is 0 Å². The third kappa shape index (κ3) is 3.28. The van der Waals surface area contributed by atoms with Crippen LogP contribution in [-0.4, -0.2) is 60.3 Å². The van der Waals surface area contributed by atoms with E-state index in [0.29, 0.717) is 0 Å². The molecular formula is C10H24O6Si2. The van der Waals surface area contributed by atoms with Crippen LogP contribution in [0, 0.1) is 0 Å². The summed E-state index contributed by atoms with van der Waals surface area (Å²) in [5.74, 6) is 0. The van der Waals surface area contributed by atoms with E-state index in [9.17, 15) is 0 Å². The summed E-state index contributed by atoms with van der Waals surface area (Å²) in [7, 11) is 3.38. The number of allylic oxidation sites excluding steroid dienone is 2. The summed E-state index contributed by atoms with van der Waals surface area (Å²) in [6.45, 7) is 1.90. The van der Waals surface area contributed by atoms with Gasteiger partial charge in [-0.2, -0.15) is 0 Å². The average molecular weight is 296 g/mol. The molecule has 0 aliphatic heterocycles. The van der Waals surface area contributed by atoms with Gasteiger partial charge in [-0.25, -0.2) is 0 Å². The van der Waals surface area contributed by atoms with Crippen LogP contribution in [0.1, 0.15) is 6.92 Å². The van der Waals surface area contributed by atoms with Gasteiger partial charge in [-0.05, 0) is 6.92 Å². The van der Waals surface area contributed by atoms with Gasteiger partial charge >= 0.3 is 17.6 Å². The zero-order valence-corrected chi connectivity index (χ0v) is 14.2. The quantitative estimate of drug-likeness (QED) is 0.471. The first-order valence-corrected chi connectivity index (χ1v) is 9.10. The summed E-state index contributed by atoms with van der Waals surface area (Å²) in [5, 5.41) is -0.324. The Bertz CT molecular complexity index is 216. The molecular weight excluding hydrogens is 272 g/mol. The SMILES string of the molecule is CC=CC([Si](OC)(OC)OC)[Si](OC)(OC)OC. The molecule has 0 atom stereocenters. The van der Waals surface area contributed by atoms with Crippen molar-refractivity contribution in [2.75, 3.05) is 42.7 Å². The fourth-order valence-electron chi connectivity index (χ4n) is 1.91. The molecule has 0 aliphatic rings. The highest BCUT2D eigenvalue weighted by molar-refractivity contribution is 6.83. The van der Waals surface area contributed by atoms with Gasteiger partial charge in [-0.15, -0.1) is 0 Å². The summed E-state index contributed by atoms with van der Waals surface area (Å²) in [5.41, 5.74) is 0. The molecule has 8 heteroatoms. The van der Waals surface area contributed by atoms with Crippen LogP contribution < -0.4 is 0 Å². The zero-order valence-electron chi connectivity index (χ0n) is 12.2. The van der Waals surface area contributed by atoms with Crippen molar-refractivity contribution < 1.29 is 26.6 Å². The van der Waals surface area contributed by atoms with Crippen LogP contribution >= 0.6 is 0 Å². The van der Waals surface area contributed by atoms with Crippen LogP contribution in [0.4, 0.5) is 0 Å². The standard InChI is InChI=1S/C10H24O6Si2/c1-8-9-10(17(11-2,12-3)13-4)18(14-5,15-6)16-7/h8-10H,1-7H3. The van der Waals surface area contributed by atoms with Crippen LogP contribution in [0.25, 0.3) is 0 Å². The van der Waals surface area contributed by atoms with E-state index in [4.69, 9.17) is 26.6 Å². The Balaban J connectivity index is 5.64. The molecule has 0 saturated carbocycles. The topological polar surface area (TPSA) is 55.4 Å². The van der Waals surface area contributed by atoms with Gasteiger partial charge in [0.15, 0.2) is 0 Å². The van der Waals surface area contributed by atoms with Gasteiger partial charge in [-0.3, -0.25) is 0 Å². The Morgan fingerprint density at radius 1 is 0.667 bits per heavy atom. The van der Waals surface area contributed by atoms with Crippen molar-refractivity contribution >= 4 is 17.6 Å². The molecule has 0 radical (unpaired) electrons. The fraction of sp³-hybridized carbons (Fsp3) is 0.800. The van der Waals surface area contributed by atoms with Crippen LogP contribution in [0.5, 0.6) is 0 Å². The molecule has 0 aromatic heterocycles. The second kappa shape index (κ2) is 8.17. The van der Waals surface area contributed by atoms with Crippen LogP contribution in [-0.2, 0) is 26.6 Å². The summed E-state index contributed by atoms with van der Waals surface area (Å²) in [4.78, 5) is 0. The first-order valence-electron chi connectivity index (χ1n) is 5.50. The Morgan fingerprint density at radius 3 is 1.11 bits per heavy atom. The molecule has 0 heterocycles. The van der Waals surface area contributed by atoms with E-state index in [1.807, 2.05) is 19.1 Å². The van der Waals surface area contributed by atoms with Gasteiger partial charge in [-0.1, -0.05) is 12.2 Å². The van der Waals surface area contributed by atoms with Crippen molar-refractivity contribution in [3.63, 3.8) is 0 Å². The number of hydrogen-bond acceptors (Lipinski definition) is 6. The molecule has 0 amide bonds. The molecule has 0 aliphatic carbocycles. The molecule has 0 N–H and O–H groups in total. The van der Waals surface area contributed by atoms with Crippen molar-refractivity contribution in [2.24, 2.45) is 0 Å². The highest BCUT2D eigenvalue weighted by Crippen LogP contribution is 2.36. The molecule has 0 rings (SSSR count). The third-order valence-electron chi connectivity index (χ3n) is 2.85. The van der Waals surface area contributed by atoms with Crippen LogP contribution in [0.15, 0.2) is 12.2 Å². The van der Waals surface area contributed by atoms with Gasteiger partial charge < -0.3 is 26.6 Å². The molecule has 0 spiro atoms. The first kappa shape index (κ1) is 17.9. The minimum Gasteiger partial charge on any atom is -0.376 e. The molecule has 18 heavy (non-hydrogen) atoms. The maximum absolute atomic E-state index is 5.50.